The lowest BCUT2D eigenvalue weighted by molar-refractivity contribution is 0.401. The van der Waals surface area contributed by atoms with Gasteiger partial charge in [0, 0.05) is 11.6 Å². The van der Waals surface area contributed by atoms with Crippen LogP contribution in [0, 0.1) is 0 Å². The van der Waals surface area contributed by atoms with Crippen LogP contribution < -0.4 is 15.8 Å². The van der Waals surface area contributed by atoms with Crippen molar-refractivity contribution in [2.24, 2.45) is 0 Å². The van der Waals surface area contributed by atoms with Gasteiger partial charge in [0.2, 0.25) is 5.88 Å². The Morgan fingerprint density at radius 2 is 2.17 bits per heavy atom. The Bertz CT molecular complexity index is 546. The minimum absolute atomic E-state index is 0.422. The lowest BCUT2D eigenvalue weighted by atomic mass is 10.2. The van der Waals surface area contributed by atoms with Gasteiger partial charge in [-0.3, -0.25) is 0 Å². The molecule has 4 nitrogen and oxygen atoms in total. The molecule has 0 spiro atoms. The molecule has 0 unspecified atom stereocenters. The largest absolute Gasteiger partial charge is 0.479 e. The van der Waals surface area contributed by atoms with Gasteiger partial charge in [0.1, 0.15) is 5.82 Å². The van der Waals surface area contributed by atoms with E-state index in [2.05, 4.69) is 10.3 Å². The number of nitrogen functional groups attached to an aromatic ring is 1. The van der Waals surface area contributed by atoms with Crippen molar-refractivity contribution in [1.82, 2.24) is 4.98 Å². The van der Waals surface area contributed by atoms with E-state index in [1.54, 1.807) is 13.2 Å². The summed E-state index contributed by atoms with van der Waals surface area (Å²) in [6, 6.07) is 11.2. The highest BCUT2D eigenvalue weighted by Crippen LogP contribution is 2.20. The van der Waals surface area contributed by atoms with Gasteiger partial charge in [0.05, 0.1) is 12.8 Å². The van der Waals surface area contributed by atoms with Gasteiger partial charge < -0.3 is 15.8 Å². The fraction of sp³-hybridized carbons (Fsp3) is 0.154. The van der Waals surface area contributed by atoms with E-state index >= 15 is 0 Å². The second kappa shape index (κ2) is 5.60. The zero-order chi connectivity index (χ0) is 13.0. The zero-order valence-electron chi connectivity index (χ0n) is 9.98. The molecule has 0 bridgehead atoms. The molecular formula is C13H14ClN3O. The molecule has 1 aromatic carbocycles. The van der Waals surface area contributed by atoms with Gasteiger partial charge in [-0.2, -0.15) is 4.98 Å². The Morgan fingerprint density at radius 1 is 1.33 bits per heavy atom. The van der Waals surface area contributed by atoms with Crippen LogP contribution in [0.25, 0.3) is 0 Å². The maximum atomic E-state index is 5.92. The molecule has 5 heteroatoms. The summed E-state index contributed by atoms with van der Waals surface area (Å²) < 4.78 is 5.06. The first kappa shape index (κ1) is 12.5. The molecule has 18 heavy (non-hydrogen) atoms. The highest BCUT2D eigenvalue weighted by molar-refractivity contribution is 6.30. The molecule has 0 saturated carbocycles. The van der Waals surface area contributed by atoms with Crippen molar-refractivity contribution in [3.63, 3.8) is 0 Å². The average Bonchev–Trinajstić information content (AvgIpc) is 2.38. The molecule has 0 radical (unpaired) electrons. The van der Waals surface area contributed by atoms with Gasteiger partial charge in [0.15, 0.2) is 0 Å². The third-order valence-corrected chi connectivity index (χ3v) is 2.68. The van der Waals surface area contributed by atoms with Crippen molar-refractivity contribution >= 4 is 23.1 Å². The third-order valence-electron chi connectivity index (χ3n) is 2.45. The smallest absolute Gasteiger partial charge is 0.238 e. The van der Waals surface area contributed by atoms with Crippen molar-refractivity contribution < 1.29 is 4.74 Å². The van der Waals surface area contributed by atoms with Crippen molar-refractivity contribution in [3.05, 3.63) is 47.0 Å². The number of methoxy groups -OCH3 is 1. The van der Waals surface area contributed by atoms with Crippen LogP contribution in [0.5, 0.6) is 5.88 Å². The summed E-state index contributed by atoms with van der Waals surface area (Å²) in [5, 5.41) is 3.90. The zero-order valence-corrected chi connectivity index (χ0v) is 10.7. The summed E-state index contributed by atoms with van der Waals surface area (Å²) >= 11 is 5.92. The molecule has 3 N–H and O–H groups in total. The second-order valence-electron chi connectivity index (χ2n) is 3.78. The van der Waals surface area contributed by atoms with Crippen LogP contribution in [0.2, 0.25) is 5.02 Å². The predicted molar refractivity (Wildman–Crippen MR) is 74.0 cm³/mol. The predicted octanol–water partition coefficient (Wildman–Crippen LogP) is 2.94. The van der Waals surface area contributed by atoms with Gasteiger partial charge in [0.25, 0.3) is 0 Å². The molecule has 0 amide bonds. The molecule has 0 aliphatic carbocycles. The quantitative estimate of drug-likeness (QED) is 0.890. The Kier molecular flexibility index (Phi) is 3.89. The van der Waals surface area contributed by atoms with Crippen LogP contribution in [0.4, 0.5) is 11.5 Å². The number of hydrogen-bond donors (Lipinski definition) is 2. The Morgan fingerprint density at radius 3 is 2.89 bits per heavy atom. The molecule has 0 atom stereocenters. The minimum Gasteiger partial charge on any atom is -0.479 e. The van der Waals surface area contributed by atoms with Crippen molar-refractivity contribution in [2.45, 2.75) is 6.54 Å². The fourth-order valence-electron chi connectivity index (χ4n) is 1.55. The van der Waals surface area contributed by atoms with E-state index in [4.69, 9.17) is 22.1 Å². The SMILES string of the molecule is COc1nc(NCc2cccc(Cl)c2)ccc1N. The number of halogens is 1. The second-order valence-corrected chi connectivity index (χ2v) is 4.21. The number of hydrogen-bond acceptors (Lipinski definition) is 4. The first-order valence-corrected chi connectivity index (χ1v) is 5.85. The molecular weight excluding hydrogens is 250 g/mol. The summed E-state index contributed by atoms with van der Waals surface area (Å²) in [6.45, 7) is 0.640. The van der Waals surface area contributed by atoms with E-state index in [1.807, 2.05) is 30.3 Å². The number of nitrogens with zero attached hydrogens (tertiary/aromatic N) is 1. The first-order valence-electron chi connectivity index (χ1n) is 5.48. The summed E-state index contributed by atoms with van der Waals surface area (Å²) in [5.74, 6) is 1.13. The molecule has 1 heterocycles. The highest BCUT2D eigenvalue weighted by atomic mass is 35.5. The molecule has 0 aliphatic rings. The lowest BCUT2D eigenvalue weighted by Gasteiger charge is -2.09. The number of benzene rings is 1. The summed E-state index contributed by atoms with van der Waals surface area (Å²) in [7, 11) is 1.54. The normalized spacial score (nSPS) is 10.1. The van der Waals surface area contributed by atoms with Gasteiger partial charge >= 0.3 is 0 Å². The standard InChI is InChI=1S/C13H14ClN3O/c1-18-13-11(15)5-6-12(17-13)16-8-9-3-2-4-10(14)7-9/h2-7H,8,15H2,1H3,(H,16,17). The van der Waals surface area contributed by atoms with Crippen molar-refractivity contribution in [1.29, 1.82) is 0 Å². The van der Waals surface area contributed by atoms with E-state index in [0.29, 0.717) is 23.9 Å². The van der Waals surface area contributed by atoms with Crippen LogP contribution in [-0.2, 0) is 6.54 Å². The van der Waals surface area contributed by atoms with Crippen LogP contribution >= 0.6 is 11.6 Å². The van der Waals surface area contributed by atoms with E-state index in [-0.39, 0.29) is 0 Å². The van der Waals surface area contributed by atoms with Gasteiger partial charge in [-0.1, -0.05) is 23.7 Å². The average molecular weight is 264 g/mol. The Hall–Kier alpha value is -1.94. The first-order chi connectivity index (χ1) is 8.69. The monoisotopic (exact) mass is 263 g/mol. The highest BCUT2D eigenvalue weighted by Gasteiger charge is 2.02. The molecule has 1 aromatic heterocycles. The Labute approximate surface area is 111 Å². The number of anilines is 2. The van der Waals surface area contributed by atoms with E-state index in [0.717, 1.165) is 10.6 Å². The fourth-order valence-corrected chi connectivity index (χ4v) is 1.77. The van der Waals surface area contributed by atoms with Gasteiger partial charge in [-0.25, -0.2) is 0 Å². The number of nitrogens with two attached hydrogens (primary N) is 1. The summed E-state index contributed by atoms with van der Waals surface area (Å²) in [4.78, 5) is 4.24. The minimum atomic E-state index is 0.422. The van der Waals surface area contributed by atoms with Crippen LogP contribution in [-0.4, -0.2) is 12.1 Å². The molecule has 2 aromatic rings. The molecule has 94 valence electrons. The van der Waals surface area contributed by atoms with Crippen molar-refractivity contribution in [2.75, 3.05) is 18.2 Å². The number of aromatic nitrogens is 1. The Balaban J connectivity index is 2.06. The van der Waals surface area contributed by atoms with Crippen molar-refractivity contribution in [3.8, 4) is 5.88 Å². The van der Waals surface area contributed by atoms with Crippen LogP contribution in [0.1, 0.15) is 5.56 Å². The van der Waals surface area contributed by atoms with E-state index in [1.165, 1.54) is 0 Å². The molecule has 0 fully saturated rings. The lowest BCUT2D eigenvalue weighted by Crippen LogP contribution is -2.03. The van der Waals surface area contributed by atoms with Gasteiger partial charge in [-0.05, 0) is 29.8 Å². The molecule has 2 rings (SSSR count). The van der Waals surface area contributed by atoms with Crippen LogP contribution in [0.3, 0.4) is 0 Å². The van der Waals surface area contributed by atoms with E-state index in [9.17, 15) is 0 Å². The van der Waals surface area contributed by atoms with E-state index < -0.39 is 0 Å². The number of ether oxygens (including phenoxy) is 1. The molecule has 0 saturated heterocycles. The summed E-state index contributed by atoms with van der Waals surface area (Å²) in [6.07, 6.45) is 0. The number of nitrogens with one attached hydrogen (secondary N) is 1. The summed E-state index contributed by atoms with van der Waals surface area (Å²) in [5.41, 5.74) is 7.30. The molecule has 0 aliphatic heterocycles. The maximum absolute atomic E-state index is 5.92. The third kappa shape index (κ3) is 3.05. The number of pyridine rings is 1. The van der Waals surface area contributed by atoms with Crippen LogP contribution in [0.15, 0.2) is 36.4 Å². The maximum Gasteiger partial charge on any atom is 0.238 e. The number of rotatable bonds is 4. The topological polar surface area (TPSA) is 60.2 Å². The van der Waals surface area contributed by atoms with Gasteiger partial charge in [-0.15, -0.1) is 0 Å².